The van der Waals surface area contributed by atoms with E-state index < -0.39 is 0 Å². The number of aromatic nitrogens is 2. The van der Waals surface area contributed by atoms with Gasteiger partial charge in [-0.15, -0.1) is 0 Å². The lowest BCUT2D eigenvalue weighted by atomic mass is 10.2. The van der Waals surface area contributed by atoms with Crippen molar-refractivity contribution in [3.05, 3.63) is 79.1 Å². The lowest BCUT2D eigenvalue weighted by molar-refractivity contribution is 0.475. The van der Waals surface area contributed by atoms with Crippen LogP contribution in [0.25, 0.3) is 11.4 Å². The van der Waals surface area contributed by atoms with Gasteiger partial charge < -0.3 is 5.11 Å². The van der Waals surface area contributed by atoms with Crippen molar-refractivity contribution in [2.45, 2.75) is 0 Å². The van der Waals surface area contributed by atoms with E-state index in [2.05, 4.69) is 9.97 Å². The number of para-hydroxylation sites is 1. The van der Waals surface area contributed by atoms with Gasteiger partial charge in [0.05, 0.1) is 11.4 Å². The molecule has 1 N–H and O–H groups in total. The Labute approximate surface area is 112 Å². The summed E-state index contributed by atoms with van der Waals surface area (Å²) in [6.07, 6.45) is 3.54. The summed E-state index contributed by atoms with van der Waals surface area (Å²) < 4.78 is 0. The van der Waals surface area contributed by atoms with Gasteiger partial charge in [0, 0.05) is 12.4 Å². The Morgan fingerprint density at radius 2 is 1.05 bits per heavy atom. The lowest BCUT2D eigenvalue weighted by Crippen LogP contribution is -1.83. The second-order valence-corrected chi connectivity index (χ2v) is 3.77. The molecule has 2 heterocycles. The molecule has 3 nitrogen and oxygen atoms in total. The summed E-state index contributed by atoms with van der Waals surface area (Å²) in [5.41, 5.74) is 1.83. The summed E-state index contributed by atoms with van der Waals surface area (Å²) >= 11 is 0. The van der Waals surface area contributed by atoms with Crippen LogP contribution < -0.4 is 0 Å². The molecule has 19 heavy (non-hydrogen) atoms. The molecule has 0 bridgehead atoms. The van der Waals surface area contributed by atoms with Crippen molar-refractivity contribution in [3.63, 3.8) is 0 Å². The molecule has 0 spiro atoms. The van der Waals surface area contributed by atoms with E-state index in [1.54, 1.807) is 36.7 Å². The van der Waals surface area contributed by atoms with Crippen molar-refractivity contribution in [2.75, 3.05) is 0 Å². The minimum Gasteiger partial charge on any atom is -0.508 e. The van der Waals surface area contributed by atoms with Crippen LogP contribution in [0, 0.1) is 0 Å². The molecular formula is C16H14N2O. The molecule has 0 radical (unpaired) electrons. The average Bonchev–Trinajstić information content (AvgIpc) is 2.51. The molecule has 0 aliphatic carbocycles. The predicted octanol–water partition coefficient (Wildman–Crippen LogP) is 3.54. The Kier molecular flexibility index (Phi) is 4.64. The third kappa shape index (κ3) is 4.24. The van der Waals surface area contributed by atoms with E-state index in [1.807, 2.05) is 42.5 Å². The first-order valence-corrected chi connectivity index (χ1v) is 5.93. The summed E-state index contributed by atoms with van der Waals surface area (Å²) in [7, 11) is 0. The van der Waals surface area contributed by atoms with E-state index in [4.69, 9.17) is 5.11 Å². The molecule has 3 aromatic rings. The molecule has 0 fully saturated rings. The first kappa shape index (κ1) is 12.8. The molecule has 0 saturated carbocycles. The van der Waals surface area contributed by atoms with E-state index in [9.17, 15) is 0 Å². The summed E-state index contributed by atoms with van der Waals surface area (Å²) in [6, 6.07) is 20.3. The number of phenols is 1. The van der Waals surface area contributed by atoms with Crippen molar-refractivity contribution in [1.29, 1.82) is 0 Å². The van der Waals surface area contributed by atoms with Crippen LogP contribution in [-0.2, 0) is 0 Å². The standard InChI is InChI=1S/C10H8N2.C6H6O/c1-3-7-11-9(5-1)10-6-2-4-8-12-10;7-6-4-2-1-3-5-6/h1-8H;1-5,7H. The van der Waals surface area contributed by atoms with E-state index in [0.717, 1.165) is 11.4 Å². The van der Waals surface area contributed by atoms with Crippen molar-refractivity contribution in [1.82, 2.24) is 9.97 Å². The number of pyridine rings is 2. The second kappa shape index (κ2) is 6.91. The largest absolute Gasteiger partial charge is 0.508 e. The van der Waals surface area contributed by atoms with Gasteiger partial charge in [-0.1, -0.05) is 30.3 Å². The third-order valence-corrected chi connectivity index (χ3v) is 2.35. The van der Waals surface area contributed by atoms with E-state index in [-0.39, 0.29) is 0 Å². The highest BCUT2D eigenvalue weighted by Gasteiger charge is 1.95. The Hall–Kier alpha value is -2.68. The van der Waals surface area contributed by atoms with Crippen LogP contribution in [0.1, 0.15) is 0 Å². The number of aromatic hydroxyl groups is 1. The van der Waals surface area contributed by atoms with Gasteiger partial charge in [-0.2, -0.15) is 0 Å². The Balaban J connectivity index is 0.000000163. The van der Waals surface area contributed by atoms with Gasteiger partial charge in [-0.25, -0.2) is 0 Å². The van der Waals surface area contributed by atoms with Crippen LogP contribution in [0.2, 0.25) is 0 Å². The zero-order chi connectivity index (χ0) is 13.3. The topological polar surface area (TPSA) is 46.0 Å². The Bertz CT molecular complexity index is 545. The zero-order valence-electron chi connectivity index (χ0n) is 10.3. The van der Waals surface area contributed by atoms with Gasteiger partial charge in [0.2, 0.25) is 0 Å². The first-order chi connectivity index (χ1) is 9.36. The molecule has 94 valence electrons. The molecule has 0 aliphatic heterocycles. The summed E-state index contributed by atoms with van der Waals surface area (Å²) in [5.74, 6) is 0.322. The molecule has 0 amide bonds. The van der Waals surface area contributed by atoms with Crippen molar-refractivity contribution in [3.8, 4) is 17.1 Å². The van der Waals surface area contributed by atoms with Gasteiger partial charge >= 0.3 is 0 Å². The van der Waals surface area contributed by atoms with Crippen molar-refractivity contribution in [2.24, 2.45) is 0 Å². The first-order valence-electron chi connectivity index (χ1n) is 5.93. The van der Waals surface area contributed by atoms with Crippen molar-refractivity contribution >= 4 is 0 Å². The maximum Gasteiger partial charge on any atom is 0.115 e. The van der Waals surface area contributed by atoms with E-state index in [0.29, 0.717) is 5.75 Å². The van der Waals surface area contributed by atoms with Crippen molar-refractivity contribution < 1.29 is 5.11 Å². The smallest absolute Gasteiger partial charge is 0.115 e. The normalized spacial score (nSPS) is 9.26. The maximum atomic E-state index is 8.63. The fourth-order valence-electron chi connectivity index (χ4n) is 1.46. The number of hydrogen-bond acceptors (Lipinski definition) is 3. The van der Waals surface area contributed by atoms with Crippen LogP contribution in [-0.4, -0.2) is 15.1 Å². The summed E-state index contributed by atoms with van der Waals surface area (Å²) in [4.78, 5) is 8.37. The predicted molar refractivity (Wildman–Crippen MR) is 75.6 cm³/mol. The highest BCUT2D eigenvalue weighted by molar-refractivity contribution is 5.52. The number of benzene rings is 1. The highest BCUT2D eigenvalue weighted by Crippen LogP contribution is 2.10. The van der Waals surface area contributed by atoms with Crippen LogP contribution in [0.3, 0.4) is 0 Å². The van der Waals surface area contributed by atoms with Gasteiger partial charge in [-0.05, 0) is 36.4 Å². The van der Waals surface area contributed by atoms with Crippen LogP contribution in [0.4, 0.5) is 0 Å². The summed E-state index contributed by atoms with van der Waals surface area (Å²) in [5, 5.41) is 8.63. The summed E-state index contributed by atoms with van der Waals surface area (Å²) in [6.45, 7) is 0. The van der Waals surface area contributed by atoms with Gasteiger partial charge in [0.25, 0.3) is 0 Å². The van der Waals surface area contributed by atoms with Gasteiger partial charge in [0.1, 0.15) is 5.75 Å². The molecule has 0 saturated heterocycles. The van der Waals surface area contributed by atoms with Gasteiger partial charge in [-0.3, -0.25) is 9.97 Å². The maximum absolute atomic E-state index is 8.63. The van der Waals surface area contributed by atoms with Gasteiger partial charge in [0.15, 0.2) is 0 Å². The zero-order valence-corrected chi connectivity index (χ0v) is 10.3. The Morgan fingerprint density at radius 1 is 0.579 bits per heavy atom. The molecule has 0 unspecified atom stereocenters. The van der Waals surface area contributed by atoms with Crippen LogP contribution in [0.5, 0.6) is 5.75 Å². The molecular weight excluding hydrogens is 236 g/mol. The minimum atomic E-state index is 0.322. The second-order valence-electron chi connectivity index (χ2n) is 3.77. The van der Waals surface area contributed by atoms with E-state index in [1.165, 1.54) is 0 Å². The third-order valence-electron chi connectivity index (χ3n) is 2.35. The molecule has 3 rings (SSSR count). The van der Waals surface area contributed by atoms with Crippen LogP contribution in [0.15, 0.2) is 79.1 Å². The molecule has 0 aliphatic rings. The molecule has 2 aromatic heterocycles. The highest BCUT2D eigenvalue weighted by atomic mass is 16.3. The quantitative estimate of drug-likeness (QED) is 0.718. The van der Waals surface area contributed by atoms with Crippen LogP contribution >= 0.6 is 0 Å². The fourth-order valence-corrected chi connectivity index (χ4v) is 1.46. The molecule has 0 atom stereocenters. The SMILES string of the molecule is Oc1ccccc1.c1ccc(-c2ccccn2)nc1. The monoisotopic (exact) mass is 250 g/mol. The number of hydrogen-bond donors (Lipinski definition) is 1. The average molecular weight is 250 g/mol. The fraction of sp³-hybridized carbons (Fsp3) is 0. The number of phenolic OH excluding ortho intramolecular Hbond substituents is 1. The number of rotatable bonds is 1. The minimum absolute atomic E-state index is 0.322. The number of nitrogens with zero attached hydrogens (tertiary/aromatic N) is 2. The molecule has 3 heteroatoms. The van der Waals surface area contributed by atoms with E-state index >= 15 is 0 Å². The Morgan fingerprint density at radius 3 is 1.37 bits per heavy atom. The lowest BCUT2D eigenvalue weighted by Gasteiger charge is -1.96. The molecule has 1 aromatic carbocycles.